The monoisotopic (exact) mass is 242 g/mol. The second kappa shape index (κ2) is 3.57. The number of phenolic OH excluding ortho intramolecular Hbond substituents is 1. The first-order valence-electron chi connectivity index (χ1n) is 4.13. The van der Waals surface area contributed by atoms with Gasteiger partial charge in [-0.3, -0.25) is 15.1 Å². The third kappa shape index (κ3) is 1.35. The van der Waals surface area contributed by atoms with Crippen LogP contribution in [0.3, 0.4) is 0 Å². The minimum atomic E-state index is -1.26. The summed E-state index contributed by atoms with van der Waals surface area (Å²) < 4.78 is 13.5. The first-order valence-corrected chi connectivity index (χ1v) is 4.51. The van der Waals surface area contributed by atoms with Crippen molar-refractivity contribution >= 4 is 28.2 Å². The van der Waals surface area contributed by atoms with Crippen molar-refractivity contribution < 1.29 is 14.4 Å². The summed E-state index contributed by atoms with van der Waals surface area (Å²) in [5, 5.41) is 19.8. The van der Waals surface area contributed by atoms with Gasteiger partial charge in [-0.2, -0.15) is 4.39 Å². The molecule has 0 aliphatic heterocycles. The Morgan fingerprint density at radius 1 is 1.56 bits per heavy atom. The fourth-order valence-electron chi connectivity index (χ4n) is 1.38. The van der Waals surface area contributed by atoms with E-state index >= 15 is 0 Å². The Labute approximate surface area is 93.2 Å². The molecule has 0 bridgehead atoms. The van der Waals surface area contributed by atoms with E-state index in [4.69, 9.17) is 11.6 Å². The summed E-state index contributed by atoms with van der Waals surface area (Å²) in [5.41, 5.74) is -1.16. The van der Waals surface area contributed by atoms with Crippen LogP contribution in [0.4, 0.5) is 10.1 Å². The Balaban J connectivity index is 3.00. The fourth-order valence-corrected chi connectivity index (χ4v) is 1.62. The van der Waals surface area contributed by atoms with Gasteiger partial charge in [0, 0.05) is 11.6 Å². The number of hydrogen-bond acceptors (Lipinski definition) is 4. The molecule has 2 aromatic rings. The van der Waals surface area contributed by atoms with Crippen molar-refractivity contribution in [1.82, 2.24) is 4.98 Å². The number of pyridine rings is 1. The summed E-state index contributed by atoms with van der Waals surface area (Å²) in [6.45, 7) is 0. The molecule has 0 amide bonds. The zero-order chi connectivity index (χ0) is 11.9. The number of aromatic nitrogens is 1. The van der Waals surface area contributed by atoms with Crippen LogP contribution in [0.1, 0.15) is 0 Å². The number of nitro groups is 1. The molecule has 0 fully saturated rings. The molecule has 0 saturated heterocycles. The number of rotatable bonds is 1. The standard InChI is InChI=1S/C9H4ClFN2O3/c10-5-4-2-1-3-12-7(4)9(14)8(6(5)11)13(15)16/h1-3,14H. The van der Waals surface area contributed by atoms with Crippen LogP contribution in [0.5, 0.6) is 5.75 Å². The molecular formula is C9H4ClFN2O3. The molecule has 0 aliphatic carbocycles. The van der Waals surface area contributed by atoms with Gasteiger partial charge in [0.2, 0.25) is 11.6 Å². The maximum atomic E-state index is 13.5. The summed E-state index contributed by atoms with van der Waals surface area (Å²) in [7, 11) is 0. The normalized spacial score (nSPS) is 10.6. The van der Waals surface area contributed by atoms with Crippen LogP contribution < -0.4 is 0 Å². The predicted molar refractivity (Wildman–Crippen MR) is 55.0 cm³/mol. The molecule has 0 aliphatic rings. The molecule has 0 atom stereocenters. The van der Waals surface area contributed by atoms with Gasteiger partial charge in [0.05, 0.1) is 9.95 Å². The van der Waals surface area contributed by atoms with Crippen molar-refractivity contribution in [3.63, 3.8) is 0 Å². The average Bonchev–Trinajstić information content (AvgIpc) is 2.26. The molecule has 7 heteroatoms. The van der Waals surface area contributed by atoms with Crippen LogP contribution in [0.2, 0.25) is 5.02 Å². The highest BCUT2D eigenvalue weighted by Crippen LogP contribution is 2.40. The van der Waals surface area contributed by atoms with Crippen LogP contribution in [0, 0.1) is 15.9 Å². The Bertz CT molecular complexity index is 603. The van der Waals surface area contributed by atoms with E-state index in [2.05, 4.69) is 4.98 Å². The third-order valence-corrected chi connectivity index (χ3v) is 2.45. The number of aromatic hydroxyl groups is 1. The Morgan fingerprint density at radius 2 is 2.25 bits per heavy atom. The van der Waals surface area contributed by atoms with E-state index in [9.17, 15) is 19.6 Å². The van der Waals surface area contributed by atoms with Crippen molar-refractivity contribution in [2.75, 3.05) is 0 Å². The number of hydrogen-bond donors (Lipinski definition) is 1. The number of fused-ring (bicyclic) bond motifs is 1. The van der Waals surface area contributed by atoms with E-state index in [1.54, 1.807) is 0 Å². The first kappa shape index (κ1) is 10.6. The minimum Gasteiger partial charge on any atom is -0.500 e. The zero-order valence-electron chi connectivity index (χ0n) is 7.65. The van der Waals surface area contributed by atoms with Crippen LogP contribution in [-0.4, -0.2) is 15.0 Å². The highest BCUT2D eigenvalue weighted by atomic mass is 35.5. The fraction of sp³-hybridized carbons (Fsp3) is 0. The number of nitro benzene ring substituents is 1. The van der Waals surface area contributed by atoms with Crippen LogP contribution in [0.25, 0.3) is 10.9 Å². The second-order valence-corrected chi connectivity index (χ2v) is 3.36. The summed E-state index contributed by atoms with van der Waals surface area (Å²) in [5.74, 6) is -2.08. The molecule has 0 unspecified atom stereocenters. The maximum absolute atomic E-state index is 13.5. The van der Waals surface area contributed by atoms with Crippen LogP contribution in [0.15, 0.2) is 18.3 Å². The van der Waals surface area contributed by atoms with E-state index in [1.165, 1.54) is 18.3 Å². The lowest BCUT2D eigenvalue weighted by atomic mass is 10.1. The van der Waals surface area contributed by atoms with Gasteiger partial charge >= 0.3 is 5.69 Å². The van der Waals surface area contributed by atoms with Gasteiger partial charge in [-0.25, -0.2) is 0 Å². The largest absolute Gasteiger partial charge is 0.500 e. The van der Waals surface area contributed by atoms with Crippen molar-refractivity contribution in [2.24, 2.45) is 0 Å². The van der Waals surface area contributed by atoms with Gasteiger partial charge in [0.1, 0.15) is 5.52 Å². The predicted octanol–water partition coefficient (Wildman–Crippen LogP) is 2.64. The molecule has 1 heterocycles. The lowest BCUT2D eigenvalue weighted by Crippen LogP contribution is -1.96. The van der Waals surface area contributed by atoms with Crippen molar-refractivity contribution in [1.29, 1.82) is 0 Å². The zero-order valence-corrected chi connectivity index (χ0v) is 8.40. The molecule has 5 nitrogen and oxygen atoms in total. The minimum absolute atomic E-state index is 0.0967. The third-order valence-electron chi connectivity index (χ3n) is 2.08. The van der Waals surface area contributed by atoms with Gasteiger partial charge in [-0.05, 0) is 12.1 Å². The molecule has 1 aromatic carbocycles. The quantitative estimate of drug-likeness (QED) is 0.616. The van der Waals surface area contributed by atoms with Gasteiger partial charge in [-0.15, -0.1) is 0 Å². The molecule has 1 aromatic heterocycles. The topological polar surface area (TPSA) is 76.3 Å². The van der Waals surface area contributed by atoms with Crippen molar-refractivity contribution in [2.45, 2.75) is 0 Å². The van der Waals surface area contributed by atoms with Gasteiger partial charge in [0.15, 0.2) is 0 Å². The lowest BCUT2D eigenvalue weighted by Gasteiger charge is -2.04. The number of benzene rings is 1. The highest BCUT2D eigenvalue weighted by molar-refractivity contribution is 6.36. The molecule has 0 spiro atoms. The smallest absolute Gasteiger partial charge is 0.349 e. The van der Waals surface area contributed by atoms with Gasteiger partial charge in [0.25, 0.3) is 0 Å². The number of nitrogens with zero attached hydrogens (tertiary/aromatic N) is 2. The molecule has 82 valence electrons. The van der Waals surface area contributed by atoms with Crippen molar-refractivity contribution in [3.05, 3.63) is 39.3 Å². The van der Waals surface area contributed by atoms with Crippen molar-refractivity contribution in [3.8, 4) is 5.75 Å². The van der Waals surface area contributed by atoms with E-state index in [1.807, 2.05) is 0 Å². The second-order valence-electron chi connectivity index (χ2n) is 2.98. The Hall–Kier alpha value is -1.95. The van der Waals surface area contributed by atoms with Gasteiger partial charge < -0.3 is 5.11 Å². The number of halogens is 2. The summed E-state index contributed by atoms with van der Waals surface area (Å²) in [6, 6.07) is 2.90. The maximum Gasteiger partial charge on any atom is 0.349 e. The summed E-state index contributed by atoms with van der Waals surface area (Å²) in [6.07, 6.45) is 1.32. The summed E-state index contributed by atoms with van der Waals surface area (Å²) >= 11 is 5.62. The van der Waals surface area contributed by atoms with Crippen LogP contribution in [-0.2, 0) is 0 Å². The lowest BCUT2D eigenvalue weighted by molar-refractivity contribution is -0.388. The molecular weight excluding hydrogens is 239 g/mol. The average molecular weight is 243 g/mol. The Kier molecular flexibility index (Phi) is 2.35. The van der Waals surface area contributed by atoms with Crippen LogP contribution >= 0.6 is 11.6 Å². The molecule has 0 radical (unpaired) electrons. The summed E-state index contributed by atoms with van der Waals surface area (Å²) in [4.78, 5) is 13.2. The van der Waals surface area contributed by atoms with Gasteiger partial charge in [-0.1, -0.05) is 11.6 Å². The van der Waals surface area contributed by atoms with E-state index < -0.39 is 27.2 Å². The Morgan fingerprint density at radius 3 is 2.88 bits per heavy atom. The first-order chi connectivity index (χ1) is 7.54. The van der Waals surface area contributed by atoms with E-state index in [-0.39, 0.29) is 10.9 Å². The van der Waals surface area contributed by atoms with E-state index in [0.717, 1.165) is 0 Å². The molecule has 2 rings (SSSR count). The molecule has 0 saturated carbocycles. The molecule has 1 N–H and O–H groups in total. The number of phenols is 1. The SMILES string of the molecule is O=[N+]([O-])c1c(F)c(Cl)c2cccnc2c1O. The highest BCUT2D eigenvalue weighted by Gasteiger charge is 2.27. The molecule has 16 heavy (non-hydrogen) atoms. The van der Waals surface area contributed by atoms with E-state index in [0.29, 0.717) is 0 Å².